The fourth-order valence-electron chi connectivity index (χ4n) is 3.30. The lowest BCUT2D eigenvalue weighted by Gasteiger charge is -2.36. The maximum absolute atomic E-state index is 13.5. The maximum atomic E-state index is 13.5. The van der Waals surface area contributed by atoms with Crippen LogP contribution in [0.4, 0.5) is 20.2 Å². The second-order valence-electron chi connectivity index (χ2n) is 6.76. The van der Waals surface area contributed by atoms with Gasteiger partial charge in [0, 0.05) is 20.1 Å². The highest BCUT2D eigenvalue weighted by molar-refractivity contribution is 5.84. The van der Waals surface area contributed by atoms with Crippen LogP contribution in [0.5, 0.6) is 0 Å². The molecule has 1 amide bonds. The number of benzene rings is 2. The van der Waals surface area contributed by atoms with Crippen molar-refractivity contribution >= 4 is 17.3 Å². The van der Waals surface area contributed by atoms with E-state index in [9.17, 15) is 18.7 Å². The van der Waals surface area contributed by atoms with Gasteiger partial charge >= 0.3 is 0 Å². The average molecular weight is 375 g/mol. The molecule has 27 heavy (non-hydrogen) atoms. The lowest BCUT2D eigenvalue weighted by Crippen LogP contribution is -2.48. The molecule has 0 radical (unpaired) electrons. The zero-order valence-corrected chi connectivity index (χ0v) is 15.2. The molecule has 144 valence electrons. The van der Waals surface area contributed by atoms with Crippen LogP contribution in [0.25, 0.3) is 0 Å². The minimum absolute atomic E-state index is 0.103. The number of aliphatic hydroxyl groups excluding tert-OH is 1. The van der Waals surface area contributed by atoms with Crippen LogP contribution in [0, 0.1) is 11.6 Å². The highest BCUT2D eigenvalue weighted by Gasteiger charge is 2.23. The number of fused-ring (bicyclic) bond motifs is 1. The SMILES string of the molecule is CN1CCN(CC(=O)NC(CO)Cc2cccc(F)c2)c2ccc(F)cc21. The van der Waals surface area contributed by atoms with E-state index in [-0.39, 0.29) is 30.7 Å². The molecule has 0 saturated heterocycles. The molecular formula is C20H23F2N3O2. The van der Waals surface area contributed by atoms with E-state index in [2.05, 4.69) is 5.32 Å². The molecule has 0 saturated carbocycles. The van der Waals surface area contributed by atoms with Gasteiger partial charge in [0.05, 0.1) is 30.6 Å². The molecule has 1 aliphatic rings. The first-order valence-electron chi connectivity index (χ1n) is 8.86. The van der Waals surface area contributed by atoms with Crippen LogP contribution >= 0.6 is 0 Å². The Morgan fingerprint density at radius 3 is 2.67 bits per heavy atom. The van der Waals surface area contributed by atoms with Gasteiger partial charge in [-0.05, 0) is 42.3 Å². The van der Waals surface area contributed by atoms with Crippen LogP contribution in [0.1, 0.15) is 5.56 Å². The molecule has 7 heteroatoms. The first-order chi connectivity index (χ1) is 13.0. The first-order valence-corrected chi connectivity index (χ1v) is 8.86. The molecule has 0 bridgehead atoms. The van der Waals surface area contributed by atoms with Gasteiger partial charge in [-0.15, -0.1) is 0 Å². The van der Waals surface area contributed by atoms with Crippen molar-refractivity contribution in [1.82, 2.24) is 5.32 Å². The summed E-state index contributed by atoms with van der Waals surface area (Å²) in [5.41, 5.74) is 2.24. The van der Waals surface area contributed by atoms with Crippen molar-refractivity contribution in [3.63, 3.8) is 0 Å². The van der Waals surface area contributed by atoms with Crippen molar-refractivity contribution in [1.29, 1.82) is 0 Å². The van der Waals surface area contributed by atoms with Gasteiger partial charge in [0.15, 0.2) is 0 Å². The number of anilines is 2. The van der Waals surface area contributed by atoms with Gasteiger partial charge in [-0.3, -0.25) is 4.79 Å². The van der Waals surface area contributed by atoms with Crippen LogP contribution in [-0.4, -0.2) is 50.3 Å². The smallest absolute Gasteiger partial charge is 0.239 e. The van der Waals surface area contributed by atoms with E-state index in [1.165, 1.54) is 24.3 Å². The van der Waals surface area contributed by atoms with Crippen molar-refractivity contribution in [3.8, 4) is 0 Å². The average Bonchev–Trinajstić information content (AvgIpc) is 2.63. The van der Waals surface area contributed by atoms with Crippen LogP contribution in [-0.2, 0) is 11.2 Å². The number of hydrogen-bond acceptors (Lipinski definition) is 4. The summed E-state index contributed by atoms with van der Waals surface area (Å²) in [6.07, 6.45) is 0.338. The van der Waals surface area contributed by atoms with Crippen LogP contribution in [0.15, 0.2) is 42.5 Å². The highest BCUT2D eigenvalue weighted by Crippen LogP contribution is 2.32. The minimum Gasteiger partial charge on any atom is -0.394 e. The monoisotopic (exact) mass is 375 g/mol. The molecule has 0 spiro atoms. The summed E-state index contributed by atoms with van der Waals surface area (Å²) in [5.74, 6) is -0.913. The first kappa shape index (κ1) is 19.1. The van der Waals surface area contributed by atoms with E-state index in [1.54, 1.807) is 18.2 Å². The van der Waals surface area contributed by atoms with Crippen molar-refractivity contribution in [2.24, 2.45) is 0 Å². The summed E-state index contributed by atoms with van der Waals surface area (Å²) in [5, 5.41) is 12.4. The van der Waals surface area contributed by atoms with Crippen molar-refractivity contribution in [3.05, 3.63) is 59.7 Å². The molecular weight excluding hydrogens is 352 g/mol. The second kappa shape index (κ2) is 8.35. The van der Waals surface area contributed by atoms with E-state index < -0.39 is 6.04 Å². The maximum Gasteiger partial charge on any atom is 0.239 e. The number of rotatable bonds is 6. The lowest BCUT2D eigenvalue weighted by atomic mass is 10.1. The largest absolute Gasteiger partial charge is 0.394 e. The molecule has 0 fully saturated rings. The third kappa shape index (κ3) is 4.74. The molecule has 0 aromatic heterocycles. The Morgan fingerprint density at radius 1 is 1.15 bits per heavy atom. The number of amides is 1. The van der Waals surface area contributed by atoms with E-state index >= 15 is 0 Å². The molecule has 0 aliphatic carbocycles. The Hall–Kier alpha value is -2.67. The predicted octanol–water partition coefficient (Wildman–Crippen LogP) is 1.94. The van der Waals surface area contributed by atoms with Gasteiger partial charge in [0.1, 0.15) is 11.6 Å². The fraction of sp³-hybridized carbons (Fsp3) is 0.350. The standard InChI is InChI=1S/C20H23F2N3O2/c1-24-7-8-25(18-6-5-16(22)11-19(18)24)12-20(27)23-17(13-26)10-14-3-2-4-15(21)9-14/h2-6,9,11,17,26H,7-8,10,12-13H2,1H3,(H,23,27). The Bertz CT molecular complexity index is 816. The summed E-state index contributed by atoms with van der Waals surface area (Å²) in [7, 11) is 1.89. The lowest BCUT2D eigenvalue weighted by molar-refractivity contribution is -0.120. The minimum atomic E-state index is -0.501. The molecule has 3 rings (SSSR count). The Kier molecular flexibility index (Phi) is 5.91. The van der Waals surface area contributed by atoms with Gasteiger partial charge in [-0.25, -0.2) is 8.78 Å². The Morgan fingerprint density at radius 2 is 1.93 bits per heavy atom. The quantitative estimate of drug-likeness (QED) is 0.810. The number of carbonyl (C=O) groups is 1. The summed E-state index contributed by atoms with van der Waals surface area (Å²) in [6.45, 7) is 1.17. The highest BCUT2D eigenvalue weighted by atomic mass is 19.1. The van der Waals surface area contributed by atoms with Gasteiger partial charge < -0.3 is 20.2 Å². The number of halogens is 2. The number of carbonyl (C=O) groups excluding carboxylic acids is 1. The number of nitrogens with zero attached hydrogens (tertiary/aromatic N) is 2. The van der Waals surface area contributed by atoms with E-state index in [4.69, 9.17) is 0 Å². The summed E-state index contributed by atoms with van der Waals surface area (Å²) in [6, 6.07) is 10.1. The van der Waals surface area contributed by atoms with Crippen LogP contribution in [0.3, 0.4) is 0 Å². The molecule has 5 nitrogen and oxygen atoms in total. The number of nitrogens with one attached hydrogen (secondary N) is 1. The topological polar surface area (TPSA) is 55.8 Å². The molecule has 1 unspecified atom stereocenters. The van der Waals surface area contributed by atoms with E-state index in [0.29, 0.717) is 25.1 Å². The summed E-state index contributed by atoms with van der Waals surface area (Å²) >= 11 is 0. The van der Waals surface area contributed by atoms with Gasteiger partial charge in [0.2, 0.25) is 5.91 Å². The third-order valence-electron chi connectivity index (χ3n) is 4.69. The molecule has 1 heterocycles. The summed E-state index contributed by atoms with van der Waals surface area (Å²) < 4.78 is 26.8. The number of aliphatic hydroxyl groups is 1. The van der Waals surface area contributed by atoms with Crippen LogP contribution < -0.4 is 15.1 Å². The van der Waals surface area contributed by atoms with E-state index in [0.717, 1.165) is 11.4 Å². The van der Waals surface area contributed by atoms with Gasteiger partial charge in [-0.2, -0.15) is 0 Å². The predicted molar refractivity (Wildman–Crippen MR) is 101 cm³/mol. The van der Waals surface area contributed by atoms with E-state index in [1.807, 2.05) is 16.8 Å². The van der Waals surface area contributed by atoms with Crippen molar-refractivity contribution < 1.29 is 18.7 Å². The van der Waals surface area contributed by atoms with Gasteiger partial charge in [-0.1, -0.05) is 12.1 Å². The van der Waals surface area contributed by atoms with Crippen molar-refractivity contribution in [2.45, 2.75) is 12.5 Å². The molecule has 2 aromatic rings. The van der Waals surface area contributed by atoms with Crippen molar-refractivity contribution in [2.75, 3.05) is 43.1 Å². The number of hydrogen-bond donors (Lipinski definition) is 2. The molecule has 2 N–H and O–H groups in total. The van der Waals surface area contributed by atoms with Crippen LogP contribution in [0.2, 0.25) is 0 Å². The fourth-order valence-corrected chi connectivity index (χ4v) is 3.30. The number of likely N-dealkylation sites (N-methyl/N-ethyl adjacent to an activating group) is 1. The van der Waals surface area contributed by atoms with Gasteiger partial charge in [0.25, 0.3) is 0 Å². The molecule has 2 aromatic carbocycles. The normalized spacial score (nSPS) is 14.7. The molecule has 1 aliphatic heterocycles. The Balaban J connectivity index is 1.64. The molecule has 1 atom stereocenters. The second-order valence-corrected chi connectivity index (χ2v) is 6.76. The zero-order chi connectivity index (χ0) is 19.4. The summed E-state index contributed by atoms with van der Waals surface area (Å²) in [4.78, 5) is 16.3. The zero-order valence-electron chi connectivity index (χ0n) is 15.2. The third-order valence-corrected chi connectivity index (χ3v) is 4.69. The Labute approximate surface area is 157 Å².